The smallest absolute Gasteiger partial charge is 0.244 e. The quantitative estimate of drug-likeness (QED) is 0.810. The molecule has 0 N–H and O–H groups in total. The summed E-state index contributed by atoms with van der Waals surface area (Å²) in [5, 5.41) is 10.7. The van der Waals surface area contributed by atoms with Gasteiger partial charge in [0.05, 0.1) is 13.2 Å². The Hall–Kier alpha value is -2.44. The lowest BCUT2D eigenvalue weighted by atomic mass is 10.1. The van der Waals surface area contributed by atoms with E-state index >= 15 is 0 Å². The summed E-state index contributed by atoms with van der Waals surface area (Å²) < 4.78 is 6.52. The minimum Gasteiger partial charge on any atom is -0.497 e. The third kappa shape index (κ3) is 3.11. The molecule has 0 aliphatic heterocycles. The van der Waals surface area contributed by atoms with Gasteiger partial charge >= 0.3 is 0 Å². The predicted molar refractivity (Wildman–Crippen MR) is 72.0 cm³/mol. The van der Waals surface area contributed by atoms with Crippen LogP contribution in [0, 0.1) is 0 Å². The average Bonchev–Trinajstić information content (AvgIpc) is 2.98. The number of methoxy groups -OCH3 is 1. The molecule has 0 radical (unpaired) electrons. The molecule has 0 aliphatic rings. The van der Waals surface area contributed by atoms with Gasteiger partial charge in [-0.15, -0.1) is 5.10 Å². The van der Waals surface area contributed by atoms with E-state index in [4.69, 9.17) is 4.74 Å². The second-order valence-corrected chi connectivity index (χ2v) is 4.46. The van der Waals surface area contributed by atoms with E-state index in [1.165, 1.54) is 11.0 Å². The number of carbonyl (C=O) groups excluding carboxylic acids is 1. The molecule has 2 aromatic rings. The van der Waals surface area contributed by atoms with Crippen molar-refractivity contribution in [1.29, 1.82) is 0 Å². The molecule has 1 amide bonds. The summed E-state index contributed by atoms with van der Waals surface area (Å²) in [5.74, 6) is 0.740. The van der Waals surface area contributed by atoms with E-state index in [-0.39, 0.29) is 18.5 Å². The van der Waals surface area contributed by atoms with E-state index in [1.807, 2.05) is 31.2 Å². The molecule has 0 aliphatic carbocycles. The molecule has 0 spiro atoms. The molecule has 1 aromatic heterocycles. The molecule has 20 heavy (non-hydrogen) atoms. The van der Waals surface area contributed by atoms with Crippen LogP contribution in [-0.4, -0.2) is 45.2 Å². The molecule has 1 heterocycles. The highest BCUT2D eigenvalue weighted by atomic mass is 16.5. The van der Waals surface area contributed by atoms with E-state index in [0.29, 0.717) is 0 Å². The first-order valence-corrected chi connectivity index (χ1v) is 6.22. The second kappa shape index (κ2) is 6.14. The molecule has 106 valence electrons. The van der Waals surface area contributed by atoms with Crippen LogP contribution in [0.25, 0.3) is 0 Å². The maximum Gasteiger partial charge on any atom is 0.244 e. The van der Waals surface area contributed by atoms with E-state index in [2.05, 4.69) is 15.5 Å². The summed E-state index contributed by atoms with van der Waals surface area (Å²) >= 11 is 0. The SMILES string of the molecule is COc1ccc(C(C)N(C)C(=O)Cn2cnnn2)cc1. The highest BCUT2D eigenvalue weighted by Gasteiger charge is 2.18. The number of amides is 1. The molecule has 7 nitrogen and oxygen atoms in total. The van der Waals surface area contributed by atoms with Crippen LogP contribution < -0.4 is 4.74 Å². The fourth-order valence-corrected chi connectivity index (χ4v) is 1.82. The minimum absolute atomic E-state index is 0.0371. The van der Waals surface area contributed by atoms with Gasteiger partial charge in [0, 0.05) is 7.05 Å². The van der Waals surface area contributed by atoms with Gasteiger partial charge in [0.1, 0.15) is 18.6 Å². The van der Waals surface area contributed by atoms with Crippen molar-refractivity contribution < 1.29 is 9.53 Å². The molecule has 1 aromatic carbocycles. The normalized spacial score (nSPS) is 11.9. The summed E-state index contributed by atoms with van der Waals surface area (Å²) in [6.07, 6.45) is 1.42. The van der Waals surface area contributed by atoms with Gasteiger partial charge in [0.15, 0.2) is 0 Å². The fourth-order valence-electron chi connectivity index (χ4n) is 1.82. The zero-order valence-electron chi connectivity index (χ0n) is 11.7. The Morgan fingerprint density at radius 3 is 2.65 bits per heavy atom. The van der Waals surface area contributed by atoms with Gasteiger partial charge in [-0.2, -0.15) is 0 Å². The lowest BCUT2D eigenvalue weighted by Crippen LogP contribution is -2.32. The summed E-state index contributed by atoms with van der Waals surface area (Å²) in [6, 6.07) is 7.62. The molecule has 2 rings (SSSR count). The average molecular weight is 275 g/mol. The van der Waals surface area contributed by atoms with Crippen molar-refractivity contribution in [3.8, 4) is 5.75 Å². The fraction of sp³-hybridized carbons (Fsp3) is 0.385. The monoisotopic (exact) mass is 275 g/mol. The summed E-state index contributed by atoms with van der Waals surface area (Å²) in [7, 11) is 3.39. The lowest BCUT2D eigenvalue weighted by molar-refractivity contribution is -0.132. The van der Waals surface area contributed by atoms with Gasteiger partial charge in [-0.1, -0.05) is 12.1 Å². The number of ether oxygens (including phenoxy) is 1. The zero-order valence-corrected chi connectivity index (χ0v) is 11.7. The molecule has 0 saturated heterocycles. The number of rotatable bonds is 5. The third-order valence-corrected chi connectivity index (χ3v) is 3.26. The van der Waals surface area contributed by atoms with Gasteiger partial charge in [-0.25, -0.2) is 4.68 Å². The molecular weight excluding hydrogens is 258 g/mol. The van der Waals surface area contributed by atoms with Crippen molar-refractivity contribution in [2.24, 2.45) is 0 Å². The number of hydrogen-bond acceptors (Lipinski definition) is 5. The van der Waals surface area contributed by atoms with Crippen molar-refractivity contribution in [1.82, 2.24) is 25.1 Å². The van der Waals surface area contributed by atoms with Gasteiger partial charge < -0.3 is 9.64 Å². The maximum absolute atomic E-state index is 12.1. The molecule has 0 fully saturated rings. The Morgan fingerprint density at radius 1 is 1.40 bits per heavy atom. The number of aromatic nitrogens is 4. The van der Waals surface area contributed by atoms with Gasteiger partial charge in [-0.05, 0) is 35.0 Å². The summed E-state index contributed by atoms with van der Waals surface area (Å²) in [5.41, 5.74) is 1.04. The number of benzene rings is 1. The molecule has 1 atom stereocenters. The Kier molecular flexibility index (Phi) is 4.29. The Bertz CT molecular complexity index is 553. The number of likely N-dealkylation sites (N-methyl/N-ethyl adjacent to an activating group) is 1. The molecule has 1 unspecified atom stereocenters. The first-order valence-electron chi connectivity index (χ1n) is 6.22. The largest absolute Gasteiger partial charge is 0.497 e. The standard InChI is InChI=1S/C13H17N5O2/c1-10(11-4-6-12(20-3)7-5-11)17(2)13(19)8-18-9-14-15-16-18/h4-7,9-10H,8H2,1-3H3. The maximum atomic E-state index is 12.1. The first-order chi connectivity index (χ1) is 9.61. The van der Waals surface area contributed by atoms with E-state index in [1.54, 1.807) is 19.1 Å². The Balaban J connectivity index is 2.03. The van der Waals surface area contributed by atoms with Crippen LogP contribution in [0.4, 0.5) is 0 Å². The van der Waals surface area contributed by atoms with Crippen molar-refractivity contribution in [2.75, 3.05) is 14.2 Å². The topological polar surface area (TPSA) is 73.1 Å². The van der Waals surface area contributed by atoms with Gasteiger partial charge in [-0.3, -0.25) is 4.79 Å². The number of carbonyl (C=O) groups is 1. The first kappa shape index (κ1) is 14.0. The molecule has 0 bridgehead atoms. The van der Waals surface area contributed by atoms with E-state index in [0.717, 1.165) is 11.3 Å². The van der Waals surface area contributed by atoms with Crippen LogP contribution >= 0.6 is 0 Å². The van der Waals surface area contributed by atoms with E-state index in [9.17, 15) is 4.79 Å². The van der Waals surface area contributed by atoms with Crippen LogP contribution in [-0.2, 0) is 11.3 Å². The lowest BCUT2D eigenvalue weighted by Gasteiger charge is -2.25. The molecular formula is C13H17N5O2. The van der Waals surface area contributed by atoms with Crippen LogP contribution in [0.2, 0.25) is 0 Å². The van der Waals surface area contributed by atoms with Crippen molar-refractivity contribution in [2.45, 2.75) is 19.5 Å². The van der Waals surface area contributed by atoms with Crippen LogP contribution in [0.3, 0.4) is 0 Å². The third-order valence-electron chi connectivity index (χ3n) is 3.26. The van der Waals surface area contributed by atoms with Crippen LogP contribution in [0.1, 0.15) is 18.5 Å². The Labute approximate surface area is 117 Å². The highest BCUT2D eigenvalue weighted by Crippen LogP contribution is 2.21. The highest BCUT2D eigenvalue weighted by molar-refractivity contribution is 5.76. The van der Waals surface area contributed by atoms with Crippen LogP contribution in [0.15, 0.2) is 30.6 Å². The Morgan fingerprint density at radius 2 is 2.10 bits per heavy atom. The number of nitrogens with zero attached hydrogens (tertiary/aromatic N) is 5. The number of hydrogen-bond donors (Lipinski definition) is 0. The number of tetrazole rings is 1. The van der Waals surface area contributed by atoms with E-state index < -0.39 is 0 Å². The minimum atomic E-state index is -0.0550. The van der Waals surface area contributed by atoms with Crippen molar-refractivity contribution in [3.63, 3.8) is 0 Å². The van der Waals surface area contributed by atoms with Gasteiger partial charge in [0.2, 0.25) is 5.91 Å². The summed E-state index contributed by atoms with van der Waals surface area (Å²) in [4.78, 5) is 13.8. The van der Waals surface area contributed by atoms with Crippen molar-refractivity contribution >= 4 is 5.91 Å². The zero-order chi connectivity index (χ0) is 14.5. The molecule has 7 heteroatoms. The molecule has 0 saturated carbocycles. The van der Waals surface area contributed by atoms with Crippen molar-refractivity contribution in [3.05, 3.63) is 36.2 Å². The summed E-state index contributed by atoms with van der Waals surface area (Å²) in [6.45, 7) is 2.10. The second-order valence-electron chi connectivity index (χ2n) is 4.46. The van der Waals surface area contributed by atoms with Gasteiger partial charge in [0.25, 0.3) is 0 Å². The predicted octanol–water partition coefficient (Wildman–Crippen LogP) is 0.901. The van der Waals surface area contributed by atoms with Crippen LogP contribution in [0.5, 0.6) is 5.75 Å².